The summed E-state index contributed by atoms with van der Waals surface area (Å²) in [5.41, 5.74) is -0.222. The summed E-state index contributed by atoms with van der Waals surface area (Å²) in [5.74, 6) is -0.841. The average Bonchev–Trinajstić information content (AvgIpc) is 2.72. The maximum absolute atomic E-state index is 11.8. The number of hydrogen-bond donors (Lipinski definition) is 1. The Morgan fingerprint density at radius 3 is 2.53 bits per heavy atom. The zero-order chi connectivity index (χ0) is 14.3. The second-order valence-electron chi connectivity index (χ2n) is 5.28. The van der Waals surface area contributed by atoms with E-state index >= 15 is 0 Å². The number of nitrogens with zero attached hydrogens (tertiary/aromatic N) is 1. The van der Waals surface area contributed by atoms with E-state index in [1.54, 1.807) is 31.2 Å². The lowest BCUT2D eigenvalue weighted by Gasteiger charge is -2.23. The van der Waals surface area contributed by atoms with E-state index in [4.69, 9.17) is 0 Å². The standard InChI is InChI=1S/C13H17NO4S/c1-13(12(15)16)7-8-14(9-13)10-5-3-4-6-11(10)19(2,17)18/h3-6H,7-9H2,1-2H3,(H,15,16). The predicted molar refractivity (Wildman–Crippen MR) is 72.1 cm³/mol. The van der Waals surface area contributed by atoms with Crippen LogP contribution in [0.25, 0.3) is 0 Å². The molecule has 104 valence electrons. The van der Waals surface area contributed by atoms with Crippen molar-refractivity contribution in [3.63, 3.8) is 0 Å². The van der Waals surface area contributed by atoms with E-state index in [-0.39, 0.29) is 4.90 Å². The van der Waals surface area contributed by atoms with Gasteiger partial charge in [0.25, 0.3) is 0 Å². The van der Waals surface area contributed by atoms with E-state index in [1.165, 1.54) is 0 Å². The van der Waals surface area contributed by atoms with Crippen molar-refractivity contribution >= 4 is 21.5 Å². The number of anilines is 1. The van der Waals surface area contributed by atoms with Gasteiger partial charge in [-0.1, -0.05) is 12.1 Å². The summed E-state index contributed by atoms with van der Waals surface area (Å²) >= 11 is 0. The smallest absolute Gasteiger partial charge is 0.311 e. The van der Waals surface area contributed by atoms with Crippen molar-refractivity contribution in [3.8, 4) is 0 Å². The van der Waals surface area contributed by atoms with Crippen LogP contribution in [0, 0.1) is 5.41 Å². The van der Waals surface area contributed by atoms with Crippen LogP contribution in [0.15, 0.2) is 29.2 Å². The van der Waals surface area contributed by atoms with Gasteiger partial charge in [-0.3, -0.25) is 4.79 Å². The van der Waals surface area contributed by atoms with Gasteiger partial charge in [-0.25, -0.2) is 8.42 Å². The molecule has 1 aliphatic rings. The Kier molecular flexibility index (Phi) is 3.30. The zero-order valence-corrected chi connectivity index (χ0v) is 11.8. The zero-order valence-electron chi connectivity index (χ0n) is 11.0. The van der Waals surface area contributed by atoms with Gasteiger partial charge >= 0.3 is 5.97 Å². The van der Waals surface area contributed by atoms with Crippen molar-refractivity contribution in [1.82, 2.24) is 0 Å². The van der Waals surface area contributed by atoms with Gasteiger partial charge in [0.1, 0.15) is 0 Å². The van der Waals surface area contributed by atoms with Crippen molar-refractivity contribution in [2.75, 3.05) is 24.2 Å². The molecule has 0 spiro atoms. The molecule has 0 aromatic heterocycles. The largest absolute Gasteiger partial charge is 0.481 e. The van der Waals surface area contributed by atoms with Crippen LogP contribution in [0.1, 0.15) is 13.3 Å². The average molecular weight is 283 g/mol. The molecule has 1 atom stereocenters. The fraction of sp³-hybridized carbons (Fsp3) is 0.462. The van der Waals surface area contributed by atoms with Crippen LogP contribution in [0.2, 0.25) is 0 Å². The molecule has 1 unspecified atom stereocenters. The third-order valence-corrected chi connectivity index (χ3v) is 4.74. The lowest BCUT2D eigenvalue weighted by atomic mass is 9.90. The summed E-state index contributed by atoms with van der Waals surface area (Å²) in [7, 11) is -3.32. The van der Waals surface area contributed by atoms with Gasteiger partial charge in [0.2, 0.25) is 0 Å². The van der Waals surface area contributed by atoms with Crippen LogP contribution in [-0.2, 0) is 14.6 Å². The monoisotopic (exact) mass is 283 g/mol. The van der Waals surface area contributed by atoms with Gasteiger partial charge in [-0.05, 0) is 25.5 Å². The van der Waals surface area contributed by atoms with Crippen LogP contribution in [0.4, 0.5) is 5.69 Å². The second-order valence-corrected chi connectivity index (χ2v) is 7.26. The summed E-state index contributed by atoms with van der Waals surface area (Å²) in [6.45, 7) is 2.57. The molecule has 2 rings (SSSR count). The lowest BCUT2D eigenvalue weighted by Crippen LogP contribution is -2.32. The number of rotatable bonds is 3. The Bertz CT molecular complexity index is 611. The van der Waals surface area contributed by atoms with Crippen LogP contribution in [0.3, 0.4) is 0 Å². The SMILES string of the molecule is CC1(C(=O)O)CCN(c2ccccc2S(C)(=O)=O)C1. The Balaban J connectivity index is 2.38. The first-order valence-electron chi connectivity index (χ1n) is 6.01. The maximum atomic E-state index is 11.8. The topological polar surface area (TPSA) is 74.7 Å². The summed E-state index contributed by atoms with van der Waals surface area (Å²) in [4.78, 5) is 13.3. The van der Waals surface area contributed by atoms with Gasteiger partial charge in [-0.2, -0.15) is 0 Å². The quantitative estimate of drug-likeness (QED) is 0.907. The summed E-state index contributed by atoms with van der Waals surface area (Å²) in [6, 6.07) is 6.72. The highest BCUT2D eigenvalue weighted by Gasteiger charge is 2.41. The molecule has 1 heterocycles. The van der Waals surface area contributed by atoms with E-state index in [0.29, 0.717) is 25.2 Å². The maximum Gasteiger partial charge on any atom is 0.311 e. The van der Waals surface area contributed by atoms with E-state index in [1.807, 2.05) is 4.90 Å². The first kappa shape index (κ1) is 13.9. The summed E-state index contributed by atoms with van der Waals surface area (Å²) < 4.78 is 23.5. The number of para-hydroxylation sites is 1. The number of sulfone groups is 1. The molecular weight excluding hydrogens is 266 g/mol. The van der Waals surface area contributed by atoms with Gasteiger partial charge in [0.05, 0.1) is 16.0 Å². The second kappa shape index (κ2) is 4.52. The third kappa shape index (κ3) is 2.58. The molecule has 0 bridgehead atoms. The van der Waals surface area contributed by atoms with Crippen molar-refractivity contribution in [1.29, 1.82) is 0 Å². The van der Waals surface area contributed by atoms with E-state index in [9.17, 15) is 18.3 Å². The van der Waals surface area contributed by atoms with E-state index in [2.05, 4.69) is 0 Å². The normalized spacial score (nSPS) is 23.6. The van der Waals surface area contributed by atoms with Gasteiger partial charge in [0, 0.05) is 19.3 Å². The fourth-order valence-corrected chi connectivity index (χ4v) is 3.28. The van der Waals surface area contributed by atoms with E-state index < -0.39 is 21.2 Å². The van der Waals surface area contributed by atoms with Crippen LogP contribution in [-0.4, -0.2) is 38.8 Å². The molecule has 0 aliphatic carbocycles. The van der Waals surface area contributed by atoms with Crippen LogP contribution in [0.5, 0.6) is 0 Å². The van der Waals surface area contributed by atoms with Gasteiger partial charge in [-0.15, -0.1) is 0 Å². The molecule has 6 heteroatoms. The molecule has 0 radical (unpaired) electrons. The lowest BCUT2D eigenvalue weighted by molar-refractivity contribution is -0.146. The number of benzene rings is 1. The molecule has 1 N–H and O–H groups in total. The number of carbonyl (C=O) groups is 1. The molecule has 19 heavy (non-hydrogen) atoms. The van der Waals surface area contributed by atoms with Gasteiger partial charge < -0.3 is 10.0 Å². The van der Waals surface area contributed by atoms with Crippen molar-refractivity contribution < 1.29 is 18.3 Å². The molecule has 1 saturated heterocycles. The molecule has 1 aromatic carbocycles. The Morgan fingerprint density at radius 1 is 1.37 bits per heavy atom. The minimum Gasteiger partial charge on any atom is -0.481 e. The van der Waals surface area contributed by atoms with Crippen LogP contribution >= 0.6 is 0 Å². The number of carboxylic acids is 1. The third-order valence-electron chi connectivity index (χ3n) is 3.60. The van der Waals surface area contributed by atoms with E-state index in [0.717, 1.165) is 6.26 Å². The minimum atomic E-state index is -3.32. The molecule has 0 amide bonds. The van der Waals surface area contributed by atoms with Crippen molar-refractivity contribution in [2.45, 2.75) is 18.2 Å². The Morgan fingerprint density at radius 2 is 2.00 bits per heavy atom. The molecule has 1 fully saturated rings. The molecule has 5 nitrogen and oxygen atoms in total. The highest BCUT2D eigenvalue weighted by atomic mass is 32.2. The van der Waals surface area contributed by atoms with Crippen molar-refractivity contribution in [3.05, 3.63) is 24.3 Å². The summed E-state index contributed by atoms with van der Waals surface area (Å²) in [6.07, 6.45) is 1.68. The Labute approximate surface area is 112 Å². The highest BCUT2D eigenvalue weighted by molar-refractivity contribution is 7.90. The van der Waals surface area contributed by atoms with Gasteiger partial charge in [0.15, 0.2) is 9.84 Å². The fourth-order valence-electron chi connectivity index (χ4n) is 2.37. The number of carboxylic acid groups (broad SMARTS) is 1. The highest BCUT2D eigenvalue weighted by Crippen LogP contribution is 2.36. The molecule has 1 aromatic rings. The number of hydrogen-bond acceptors (Lipinski definition) is 4. The van der Waals surface area contributed by atoms with Crippen molar-refractivity contribution in [2.24, 2.45) is 5.41 Å². The molecule has 1 aliphatic heterocycles. The number of aliphatic carboxylic acids is 1. The summed E-state index contributed by atoms with van der Waals surface area (Å²) in [5, 5.41) is 9.22. The molecule has 0 saturated carbocycles. The predicted octanol–water partition coefficient (Wildman–Crippen LogP) is 1.39. The molecular formula is C13H17NO4S. The Hall–Kier alpha value is -1.56. The first-order chi connectivity index (χ1) is 8.74. The van der Waals surface area contributed by atoms with Crippen LogP contribution < -0.4 is 4.90 Å². The minimum absolute atomic E-state index is 0.254. The first-order valence-corrected chi connectivity index (χ1v) is 7.91.